The van der Waals surface area contributed by atoms with E-state index in [1.807, 2.05) is 20.2 Å². The van der Waals surface area contributed by atoms with E-state index in [-0.39, 0.29) is 6.10 Å². The molecule has 1 aliphatic heterocycles. The van der Waals surface area contributed by atoms with Crippen LogP contribution in [0.1, 0.15) is 17.7 Å². The van der Waals surface area contributed by atoms with Crippen LogP contribution in [0.25, 0.3) is 11.3 Å². The average Bonchev–Trinajstić information content (AvgIpc) is 2.95. The fourth-order valence-corrected chi connectivity index (χ4v) is 3.79. The van der Waals surface area contributed by atoms with E-state index in [1.165, 1.54) is 10.4 Å². The fraction of sp³-hybridized carbons (Fsp3) is 0.471. The van der Waals surface area contributed by atoms with Crippen molar-refractivity contribution in [2.45, 2.75) is 25.5 Å². The van der Waals surface area contributed by atoms with Crippen LogP contribution in [0.2, 0.25) is 0 Å². The van der Waals surface area contributed by atoms with Crippen LogP contribution in [-0.2, 0) is 6.54 Å². The molecule has 22 heavy (non-hydrogen) atoms. The summed E-state index contributed by atoms with van der Waals surface area (Å²) in [5.41, 5.74) is 2.28. The zero-order valence-electron chi connectivity index (χ0n) is 13.2. The molecule has 1 N–H and O–H groups in total. The molecule has 2 heterocycles. The van der Waals surface area contributed by atoms with Gasteiger partial charge in [-0.1, -0.05) is 41.7 Å². The molecule has 1 saturated heterocycles. The smallest absolute Gasteiger partial charge is 0.185 e. The second-order valence-corrected chi connectivity index (χ2v) is 7.10. The van der Waals surface area contributed by atoms with Crippen molar-refractivity contribution in [1.82, 2.24) is 9.88 Å². The largest absolute Gasteiger partial charge is 0.393 e. The highest BCUT2D eigenvalue weighted by molar-refractivity contribution is 7.16. The van der Waals surface area contributed by atoms with Gasteiger partial charge in [0.2, 0.25) is 0 Å². The number of rotatable bonds is 4. The molecule has 1 aromatic heterocycles. The Morgan fingerprint density at radius 2 is 1.91 bits per heavy atom. The number of hydrogen-bond acceptors (Lipinski definition) is 5. The minimum atomic E-state index is -0.122. The lowest BCUT2D eigenvalue weighted by molar-refractivity contribution is 0.0797. The van der Waals surface area contributed by atoms with Gasteiger partial charge >= 0.3 is 0 Å². The van der Waals surface area contributed by atoms with Crippen molar-refractivity contribution < 1.29 is 5.11 Å². The molecule has 1 aliphatic rings. The Hall–Kier alpha value is -1.43. The molecule has 0 aliphatic carbocycles. The lowest BCUT2D eigenvalue weighted by atomic mass is 10.1. The molecule has 4 nitrogen and oxygen atoms in total. The molecule has 0 atom stereocenters. The zero-order valence-corrected chi connectivity index (χ0v) is 14.0. The maximum atomic E-state index is 9.66. The molecule has 0 unspecified atom stereocenters. The summed E-state index contributed by atoms with van der Waals surface area (Å²) in [5, 5.41) is 10.7. The SMILES string of the molecule is CN(C)c1nc(-c2ccccc2)c(CN2CCC(O)CC2)s1. The third kappa shape index (κ3) is 3.48. The lowest BCUT2D eigenvalue weighted by Gasteiger charge is -2.29. The van der Waals surface area contributed by atoms with E-state index in [4.69, 9.17) is 4.98 Å². The number of anilines is 1. The van der Waals surface area contributed by atoms with Gasteiger partial charge in [-0.05, 0) is 12.8 Å². The molecule has 3 rings (SSSR count). The maximum absolute atomic E-state index is 9.66. The first-order chi connectivity index (χ1) is 10.6. The number of aliphatic hydroxyl groups excluding tert-OH is 1. The van der Waals surface area contributed by atoms with Crippen LogP contribution >= 0.6 is 11.3 Å². The molecule has 118 valence electrons. The normalized spacial score (nSPS) is 16.9. The molecule has 5 heteroatoms. The Kier molecular flexibility index (Phi) is 4.76. The minimum Gasteiger partial charge on any atom is -0.393 e. The summed E-state index contributed by atoms with van der Waals surface area (Å²) in [4.78, 5) is 10.6. The number of likely N-dealkylation sites (tertiary alicyclic amines) is 1. The third-order valence-electron chi connectivity index (χ3n) is 4.04. The number of aliphatic hydroxyl groups is 1. The van der Waals surface area contributed by atoms with Crippen LogP contribution in [0.3, 0.4) is 0 Å². The molecular weight excluding hydrogens is 294 g/mol. The predicted molar refractivity (Wildman–Crippen MR) is 92.4 cm³/mol. The van der Waals surface area contributed by atoms with Gasteiger partial charge < -0.3 is 10.0 Å². The summed E-state index contributed by atoms with van der Waals surface area (Å²) >= 11 is 1.77. The molecule has 0 saturated carbocycles. The van der Waals surface area contributed by atoms with Gasteiger partial charge in [-0.2, -0.15) is 0 Å². The monoisotopic (exact) mass is 317 g/mol. The first-order valence-electron chi connectivity index (χ1n) is 7.76. The maximum Gasteiger partial charge on any atom is 0.185 e. The summed E-state index contributed by atoms with van der Waals surface area (Å²) < 4.78 is 0. The summed E-state index contributed by atoms with van der Waals surface area (Å²) in [6.07, 6.45) is 1.63. The van der Waals surface area contributed by atoms with Gasteiger partial charge in [0.25, 0.3) is 0 Å². The van der Waals surface area contributed by atoms with Crippen LogP contribution in [0.15, 0.2) is 30.3 Å². The molecule has 1 fully saturated rings. The van der Waals surface area contributed by atoms with Gasteiger partial charge in [0.15, 0.2) is 5.13 Å². The van der Waals surface area contributed by atoms with E-state index in [9.17, 15) is 5.11 Å². The molecule has 0 bridgehead atoms. The van der Waals surface area contributed by atoms with Crippen molar-refractivity contribution >= 4 is 16.5 Å². The Balaban J connectivity index is 1.85. The van der Waals surface area contributed by atoms with Gasteiger partial charge in [0.1, 0.15) is 0 Å². The van der Waals surface area contributed by atoms with E-state index in [0.29, 0.717) is 0 Å². The Labute approximate surface area is 136 Å². The molecule has 0 radical (unpaired) electrons. The third-order valence-corrected chi connectivity index (χ3v) is 5.25. The van der Waals surface area contributed by atoms with Crippen LogP contribution in [0.4, 0.5) is 5.13 Å². The highest BCUT2D eigenvalue weighted by Gasteiger charge is 2.21. The van der Waals surface area contributed by atoms with E-state index < -0.39 is 0 Å². The van der Waals surface area contributed by atoms with Gasteiger partial charge in [-0.3, -0.25) is 4.90 Å². The average molecular weight is 317 g/mol. The van der Waals surface area contributed by atoms with Crippen LogP contribution in [0, 0.1) is 0 Å². The number of piperidine rings is 1. The van der Waals surface area contributed by atoms with Crippen LogP contribution < -0.4 is 4.90 Å². The van der Waals surface area contributed by atoms with Gasteiger partial charge in [0, 0.05) is 44.2 Å². The summed E-state index contributed by atoms with van der Waals surface area (Å²) in [6, 6.07) is 10.4. The van der Waals surface area contributed by atoms with Gasteiger partial charge in [-0.25, -0.2) is 4.98 Å². The van der Waals surface area contributed by atoms with Gasteiger partial charge in [-0.15, -0.1) is 0 Å². The predicted octanol–water partition coefficient (Wildman–Crippen LogP) is 2.83. The molecular formula is C17H23N3OS. The molecule has 1 aromatic carbocycles. The molecule has 0 amide bonds. The summed E-state index contributed by atoms with van der Waals surface area (Å²) in [6.45, 7) is 2.84. The fourth-order valence-electron chi connectivity index (χ4n) is 2.74. The second-order valence-electron chi connectivity index (χ2n) is 6.04. The van der Waals surface area contributed by atoms with Crippen molar-refractivity contribution in [3.05, 3.63) is 35.2 Å². The van der Waals surface area contributed by atoms with E-state index in [2.05, 4.69) is 34.1 Å². The minimum absolute atomic E-state index is 0.122. The summed E-state index contributed by atoms with van der Waals surface area (Å²) in [5.74, 6) is 0. The number of nitrogens with zero attached hydrogens (tertiary/aromatic N) is 3. The Morgan fingerprint density at radius 1 is 1.23 bits per heavy atom. The Bertz CT molecular complexity index is 604. The van der Waals surface area contributed by atoms with Crippen molar-refractivity contribution in [2.24, 2.45) is 0 Å². The number of hydrogen-bond donors (Lipinski definition) is 1. The number of thiazole rings is 1. The molecule has 0 spiro atoms. The van der Waals surface area contributed by atoms with Crippen LogP contribution in [0.5, 0.6) is 0 Å². The Morgan fingerprint density at radius 3 is 2.55 bits per heavy atom. The molecule has 2 aromatic rings. The van der Waals surface area contributed by atoms with E-state index in [0.717, 1.165) is 43.3 Å². The van der Waals surface area contributed by atoms with E-state index in [1.54, 1.807) is 11.3 Å². The number of aromatic nitrogens is 1. The van der Waals surface area contributed by atoms with Gasteiger partial charge in [0.05, 0.1) is 11.8 Å². The standard InChI is InChI=1S/C17H23N3OS/c1-19(2)17-18-16(13-6-4-3-5-7-13)15(22-17)12-20-10-8-14(21)9-11-20/h3-7,14,21H,8-12H2,1-2H3. The zero-order chi connectivity index (χ0) is 15.5. The highest BCUT2D eigenvalue weighted by Crippen LogP contribution is 2.33. The first-order valence-corrected chi connectivity index (χ1v) is 8.58. The van der Waals surface area contributed by atoms with Crippen molar-refractivity contribution in [1.29, 1.82) is 0 Å². The van der Waals surface area contributed by atoms with Crippen molar-refractivity contribution in [2.75, 3.05) is 32.1 Å². The number of benzene rings is 1. The summed E-state index contributed by atoms with van der Waals surface area (Å²) in [7, 11) is 4.07. The van der Waals surface area contributed by atoms with Crippen molar-refractivity contribution in [3.63, 3.8) is 0 Å². The van der Waals surface area contributed by atoms with Crippen molar-refractivity contribution in [3.8, 4) is 11.3 Å². The topological polar surface area (TPSA) is 39.6 Å². The second kappa shape index (κ2) is 6.77. The van der Waals surface area contributed by atoms with Crippen LogP contribution in [-0.4, -0.2) is 48.3 Å². The highest BCUT2D eigenvalue weighted by atomic mass is 32.1. The quantitative estimate of drug-likeness (QED) is 0.941. The van der Waals surface area contributed by atoms with E-state index >= 15 is 0 Å². The lowest BCUT2D eigenvalue weighted by Crippen LogP contribution is -2.35. The first kappa shape index (κ1) is 15.5.